The molecule has 20 heteroatoms. The minimum absolute atomic E-state index is 0.0201. The predicted molar refractivity (Wildman–Crippen MR) is 268 cm³/mol. The average molecular weight is 973 g/mol. The second-order valence-electron chi connectivity index (χ2n) is 17.0. The number of nitriles is 3. The third-order valence-corrected chi connectivity index (χ3v) is 11.8. The van der Waals surface area contributed by atoms with Crippen molar-refractivity contribution in [2.75, 3.05) is 42.3 Å². The van der Waals surface area contributed by atoms with E-state index in [0.29, 0.717) is 76.5 Å². The fraction of sp³-hybridized carbons (Fsp3) is 0.151. The molecule has 2 fully saturated rings. The summed E-state index contributed by atoms with van der Waals surface area (Å²) in [6.07, 6.45) is 7.88. The van der Waals surface area contributed by atoms with Gasteiger partial charge >= 0.3 is 5.97 Å². The average Bonchev–Trinajstić information content (AvgIpc) is 3.84. The highest BCUT2D eigenvalue weighted by Crippen LogP contribution is 2.50. The van der Waals surface area contributed by atoms with Gasteiger partial charge in [-0.2, -0.15) is 20.9 Å². The zero-order chi connectivity index (χ0) is 51.6. The predicted octanol–water partition coefficient (Wildman–Crippen LogP) is 7.44. The lowest BCUT2D eigenvalue weighted by Crippen LogP contribution is -2.66. The second-order valence-corrected chi connectivity index (χ2v) is 17.0. The maximum atomic E-state index is 12.1. The molecular weight excluding hydrogens is 929 g/mol. The van der Waals surface area contributed by atoms with E-state index in [9.17, 15) is 14.4 Å². The molecule has 1 saturated carbocycles. The molecule has 9 rings (SSSR count). The van der Waals surface area contributed by atoms with Crippen molar-refractivity contribution in [2.24, 2.45) is 5.41 Å². The molecule has 73 heavy (non-hydrogen) atoms. The molecule has 0 bridgehead atoms. The van der Waals surface area contributed by atoms with Gasteiger partial charge in [-0.25, -0.2) is 24.7 Å². The SMILES string of the molecule is C=C(C#N)C(=O)N1CC2(CC(Nc3ncnc(N)c3-c3ccc(Oc4ccc(C#N)cc4)cc3)C2)C1.C=C(C#N)C(=O)Nc1cccc(Oc2ncnc(N)c2-c2cnn(Cc3cccc(C(=O)OC)c3)c2)c1. The van der Waals surface area contributed by atoms with Crippen molar-refractivity contribution >= 4 is 40.9 Å². The van der Waals surface area contributed by atoms with E-state index in [1.165, 1.54) is 19.8 Å². The van der Waals surface area contributed by atoms with Crippen LogP contribution in [0.1, 0.15) is 34.3 Å². The molecule has 0 unspecified atom stereocenters. The number of nitrogens with two attached hydrogens (primary N) is 2. The Hall–Kier alpha value is -10.4. The van der Waals surface area contributed by atoms with Gasteiger partial charge in [-0.1, -0.05) is 43.5 Å². The number of methoxy groups -OCH3 is 1. The number of nitrogen functional groups attached to an aromatic ring is 2. The Bertz CT molecular complexity index is 3390. The molecule has 1 aliphatic heterocycles. The first-order valence-electron chi connectivity index (χ1n) is 22.3. The van der Waals surface area contributed by atoms with Crippen molar-refractivity contribution in [3.63, 3.8) is 0 Å². The smallest absolute Gasteiger partial charge is 0.337 e. The van der Waals surface area contributed by atoms with Crippen LogP contribution in [0.2, 0.25) is 0 Å². The number of hydrogen-bond acceptors (Lipinski definition) is 17. The van der Waals surface area contributed by atoms with E-state index in [4.69, 9.17) is 41.5 Å². The van der Waals surface area contributed by atoms with Crippen LogP contribution in [0.15, 0.2) is 146 Å². The van der Waals surface area contributed by atoms with Crippen molar-refractivity contribution in [1.82, 2.24) is 34.6 Å². The Labute approximate surface area is 418 Å². The van der Waals surface area contributed by atoms with Crippen molar-refractivity contribution in [1.29, 1.82) is 15.8 Å². The van der Waals surface area contributed by atoms with Crippen LogP contribution < -0.4 is 31.6 Å². The summed E-state index contributed by atoms with van der Waals surface area (Å²) in [6.45, 7) is 8.58. The molecule has 6 N–H and O–H groups in total. The van der Waals surface area contributed by atoms with Crippen LogP contribution in [0.5, 0.6) is 23.1 Å². The summed E-state index contributed by atoms with van der Waals surface area (Å²) in [6, 6.07) is 33.8. The summed E-state index contributed by atoms with van der Waals surface area (Å²) in [4.78, 5) is 54.5. The highest BCUT2D eigenvalue weighted by molar-refractivity contribution is 6.06. The van der Waals surface area contributed by atoms with Crippen LogP contribution in [0.3, 0.4) is 0 Å². The van der Waals surface area contributed by atoms with E-state index in [2.05, 4.69) is 54.9 Å². The Morgan fingerprint density at radius 3 is 2.14 bits per heavy atom. The number of benzene rings is 4. The topological polar surface area (TPSA) is 299 Å². The lowest BCUT2D eigenvalue weighted by molar-refractivity contribution is -0.145. The van der Waals surface area contributed by atoms with E-state index >= 15 is 0 Å². The van der Waals surface area contributed by atoms with Gasteiger partial charge in [-0.15, -0.1) is 0 Å². The molecule has 4 aromatic carbocycles. The number of esters is 1. The fourth-order valence-corrected chi connectivity index (χ4v) is 8.32. The monoisotopic (exact) mass is 972 g/mol. The number of hydrogen-bond donors (Lipinski definition) is 4. The van der Waals surface area contributed by atoms with Crippen LogP contribution in [0, 0.1) is 39.4 Å². The van der Waals surface area contributed by atoms with Crippen LogP contribution in [-0.4, -0.2) is 78.6 Å². The van der Waals surface area contributed by atoms with Crippen molar-refractivity contribution in [3.8, 4) is 63.6 Å². The first-order chi connectivity index (χ1) is 35.3. The highest BCUT2D eigenvalue weighted by atomic mass is 16.5. The Balaban J connectivity index is 0.000000195. The second kappa shape index (κ2) is 21.5. The zero-order valence-corrected chi connectivity index (χ0v) is 39.2. The van der Waals surface area contributed by atoms with Crippen molar-refractivity contribution in [3.05, 3.63) is 163 Å². The third kappa shape index (κ3) is 11.4. The van der Waals surface area contributed by atoms with Crippen molar-refractivity contribution < 1.29 is 28.6 Å². The molecule has 1 aliphatic carbocycles. The zero-order valence-electron chi connectivity index (χ0n) is 39.2. The van der Waals surface area contributed by atoms with Gasteiger partial charge in [-0.3, -0.25) is 14.3 Å². The summed E-state index contributed by atoms with van der Waals surface area (Å²) in [5.74, 6) is 1.75. The summed E-state index contributed by atoms with van der Waals surface area (Å²) in [5, 5.41) is 37.1. The summed E-state index contributed by atoms with van der Waals surface area (Å²) < 4.78 is 18.3. The molecular formula is C53H44N14O6. The number of aromatic nitrogens is 6. The van der Waals surface area contributed by atoms with E-state index in [0.717, 1.165) is 29.5 Å². The summed E-state index contributed by atoms with van der Waals surface area (Å²) in [5.41, 5.74) is 17.2. The van der Waals surface area contributed by atoms with Gasteiger partial charge in [0.25, 0.3) is 11.8 Å². The van der Waals surface area contributed by atoms with Crippen LogP contribution >= 0.6 is 0 Å². The number of ether oxygens (including phenoxy) is 3. The molecule has 0 atom stereocenters. The van der Waals surface area contributed by atoms with Gasteiger partial charge in [0.15, 0.2) is 0 Å². The Morgan fingerprint density at radius 2 is 1.45 bits per heavy atom. The number of anilines is 4. The first-order valence-corrected chi connectivity index (χ1v) is 22.3. The van der Waals surface area contributed by atoms with Crippen LogP contribution in [-0.2, 0) is 20.9 Å². The maximum Gasteiger partial charge on any atom is 0.337 e. The molecule has 1 spiro atoms. The minimum Gasteiger partial charge on any atom is -0.465 e. The van der Waals surface area contributed by atoms with E-state index in [1.807, 2.05) is 36.4 Å². The summed E-state index contributed by atoms with van der Waals surface area (Å²) >= 11 is 0. The van der Waals surface area contributed by atoms with Crippen LogP contribution in [0.4, 0.5) is 23.1 Å². The lowest BCUT2D eigenvalue weighted by Gasteiger charge is -2.59. The molecule has 1 saturated heterocycles. The molecule has 3 aromatic heterocycles. The fourth-order valence-electron chi connectivity index (χ4n) is 8.32. The van der Waals surface area contributed by atoms with Gasteiger partial charge in [0.05, 0.1) is 48.2 Å². The van der Waals surface area contributed by atoms with E-state index in [-0.39, 0.29) is 40.2 Å². The van der Waals surface area contributed by atoms with Gasteiger partial charge in [-0.05, 0) is 84.6 Å². The Morgan fingerprint density at radius 1 is 0.781 bits per heavy atom. The normalized spacial score (nSPS) is 12.9. The van der Waals surface area contributed by atoms with Gasteiger partial charge in [0.2, 0.25) is 5.88 Å². The number of likely N-dealkylation sites (tertiary alicyclic amines) is 1. The van der Waals surface area contributed by atoms with E-state index in [1.54, 1.807) is 94.8 Å². The van der Waals surface area contributed by atoms with E-state index < -0.39 is 11.9 Å². The highest BCUT2D eigenvalue weighted by Gasteiger charge is 2.54. The minimum atomic E-state index is -0.615. The number of carbonyl (C=O) groups is 3. The summed E-state index contributed by atoms with van der Waals surface area (Å²) in [7, 11) is 1.33. The lowest BCUT2D eigenvalue weighted by atomic mass is 9.60. The molecule has 362 valence electrons. The van der Waals surface area contributed by atoms with Gasteiger partial charge in [0, 0.05) is 48.1 Å². The molecule has 2 aliphatic rings. The molecule has 20 nitrogen and oxygen atoms in total. The quantitative estimate of drug-likeness (QED) is 0.0467. The number of rotatable bonds is 14. The first kappa shape index (κ1) is 49.0. The van der Waals surface area contributed by atoms with Gasteiger partial charge < -0.3 is 41.2 Å². The molecule has 7 aromatic rings. The van der Waals surface area contributed by atoms with Gasteiger partial charge in [0.1, 0.15) is 70.6 Å². The molecule has 0 radical (unpaired) electrons. The number of nitrogens with one attached hydrogen (secondary N) is 2. The maximum absolute atomic E-state index is 12.1. The Kier molecular flexibility index (Phi) is 14.4. The molecule has 2 amide bonds. The number of nitrogens with zero attached hydrogens (tertiary/aromatic N) is 10. The largest absolute Gasteiger partial charge is 0.465 e. The number of amides is 2. The standard InChI is InChI=1S/C27H23N7O2.C26H21N7O4/c1-17(12-28)26(35)34-14-27(15-34)10-20(11-27)33-25-23(24(30)31-16-32-25)19-4-8-22(9-5-19)36-21-6-2-18(13-29)3-7-21;1-16(11-27)24(34)32-20-7-4-8-21(10-20)37-25-22(23(28)29-15-30-25)19-12-31-33(14-19)13-17-5-3-6-18(9-17)26(35)36-2/h2-9,16,20H,1,10-11,14-15H2,(H3,30,31,32,33);3-10,12,14-15H,1,13H2,2H3,(H,32,34)(H2,28,29,30). The third-order valence-electron chi connectivity index (χ3n) is 11.8. The van der Waals surface area contributed by atoms with Crippen LogP contribution in [0.25, 0.3) is 22.3 Å². The number of carbonyl (C=O) groups excluding carboxylic acids is 3. The molecule has 4 heterocycles. The van der Waals surface area contributed by atoms with Crippen molar-refractivity contribution in [2.45, 2.75) is 25.4 Å².